The minimum Gasteiger partial charge on any atom is -0.311 e. The van der Waals surface area contributed by atoms with Gasteiger partial charge >= 0.3 is 0 Å². The van der Waals surface area contributed by atoms with E-state index in [1.807, 2.05) is 13.8 Å². The molecule has 0 bridgehead atoms. The van der Waals surface area contributed by atoms with Crippen molar-refractivity contribution in [2.45, 2.75) is 27.3 Å². The lowest BCUT2D eigenvalue weighted by Crippen LogP contribution is -2.13. The van der Waals surface area contributed by atoms with Gasteiger partial charge in [-0.2, -0.15) is 5.10 Å². The predicted octanol–water partition coefficient (Wildman–Crippen LogP) is 2.15. The highest BCUT2D eigenvalue weighted by atomic mass is 79.9. The molecular weight excluding hydrogens is 294 g/mol. The third kappa shape index (κ3) is 2.59. The quantitative estimate of drug-likeness (QED) is 0.940. The van der Waals surface area contributed by atoms with E-state index in [0.717, 1.165) is 40.5 Å². The van der Waals surface area contributed by atoms with E-state index in [9.17, 15) is 0 Å². The molecular formula is C12H16BrN5. The Morgan fingerprint density at radius 3 is 2.56 bits per heavy atom. The molecule has 96 valence electrons. The second-order valence-corrected chi connectivity index (χ2v) is 4.84. The van der Waals surface area contributed by atoms with Crippen molar-refractivity contribution >= 4 is 15.9 Å². The first kappa shape index (κ1) is 13.2. The molecule has 0 saturated heterocycles. The van der Waals surface area contributed by atoms with E-state index in [1.54, 1.807) is 17.1 Å². The summed E-state index contributed by atoms with van der Waals surface area (Å²) in [5, 5.41) is 7.64. The molecule has 0 spiro atoms. The maximum atomic E-state index is 4.42. The molecule has 0 amide bonds. The molecule has 0 aromatic carbocycles. The van der Waals surface area contributed by atoms with Gasteiger partial charge in [-0.25, -0.2) is 9.67 Å². The van der Waals surface area contributed by atoms with Crippen molar-refractivity contribution in [1.82, 2.24) is 25.1 Å². The number of halogens is 1. The molecule has 0 aliphatic carbocycles. The lowest BCUT2D eigenvalue weighted by atomic mass is 10.4. The van der Waals surface area contributed by atoms with Crippen LogP contribution in [0, 0.1) is 13.8 Å². The van der Waals surface area contributed by atoms with Gasteiger partial charge in [0.1, 0.15) is 0 Å². The molecule has 2 aromatic rings. The van der Waals surface area contributed by atoms with Crippen molar-refractivity contribution in [3.8, 4) is 5.82 Å². The van der Waals surface area contributed by atoms with Gasteiger partial charge in [-0.15, -0.1) is 0 Å². The largest absolute Gasteiger partial charge is 0.311 e. The minimum atomic E-state index is 0.738. The Morgan fingerprint density at radius 2 is 2.06 bits per heavy atom. The van der Waals surface area contributed by atoms with Crippen LogP contribution in [-0.4, -0.2) is 26.3 Å². The van der Waals surface area contributed by atoms with Crippen molar-refractivity contribution in [1.29, 1.82) is 0 Å². The van der Waals surface area contributed by atoms with Gasteiger partial charge in [0, 0.05) is 6.54 Å². The maximum absolute atomic E-state index is 4.42. The third-order valence-electron chi connectivity index (χ3n) is 2.67. The van der Waals surface area contributed by atoms with Crippen molar-refractivity contribution in [2.24, 2.45) is 0 Å². The molecule has 2 aromatic heterocycles. The monoisotopic (exact) mass is 309 g/mol. The van der Waals surface area contributed by atoms with Crippen molar-refractivity contribution in [3.63, 3.8) is 0 Å². The van der Waals surface area contributed by atoms with Crippen LogP contribution in [0.4, 0.5) is 0 Å². The third-order valence-corrected chi connectivity index (χ3v) is 3.82. The smallest absolute Gasteiger partial charge is 0.172 e. The summed E-state index contributed by atoms with van der Waals surface area (Å²) in [6.07, 6.45) is 3.53. The van der Waals surface area contributed by atoms with Crippen LogP contribution in [0.5, 0.6) is 0 Å². The van der Waals surface area contributed by atoms with E-state index in [-0.39, 0.29) is 0 Å². The highest BCUT2D eigenvalue weighted by Crippen LogP contribution is 2.21. The standard InChI is InChI=1S/C12H16BrN5/c1-4-14-5-10-6-16-11(7-15-10)18-9(3)12(13)8(2)17-18/h6-7,14H,4-5H2,1-3H3. The molecule has 0 aliphatic rings. The van der Waals surface area contributed by atoms with Crippen molar-refractivity contribution in [3.05, 3.63) is 33.9 Å². The Kier molecular flexibility index (Phi) is 4.08. The zero-order valence-electron chi connectivity index (χ0n) is 10.7. The second-order valence-electron chi connectivity index (χ2n) is 4.04. The molecule has 6 heteroatoms. The van der Waals surface area contributed by atoms with Crippen LogP contribution in [0.3, 0.4) is 0 Å². The minimum absolute atomic E-state index is 0.738. The number of aryl methyl sites for hydroxylation is 1. The molecule has 0 atom stereocenters. The van der Waals surface area contributed by atoms with Crippen LogP contribution in [0.15, 0.2) is 16.9 Å². The molecule has 0 radical (unpaired) electrons. The van der Waals surface area contributed by atoms with Gasteiger partial charge in [0.05, 0.1) is 33.9 Å². The summed E-state index contributed by atoms with van der Waals surface area (Å²) in [5.74, 6) is 0.738. The van der Waals surface area contributed by atoms with Crippen molar-refractivity contribution < 1.29 is 0 Å². The Balaban J connectivity index is 2.26. The summed E-state index contributed by atoms with van der Waals surface area (Å²) in [6.45, 7) is 7.69. The number of hydrogen-bond acceptors (Lipinski definition) is 4. The summed E-state index contributed by atoms with van der Waals surface area (Å²) < 4.78 is 2.81. The second kappa shape index (κ2) is 5.58. The van der Waals surface area contributed by atoms with E-state index in [0.29, 0.717) is 0 Å². The Morgan fingerprint density at radius 1 is 1.28 bits per heavy atom. The van der Waals surface area contributed by atoms with Gasteiger partial charge in [0.25, 0.3) is 0 Å². The lowest BCUT2D eigenvalue weighted by Gasteiger charge is -2.04. The summed E-state index contributed by atoms with van der Waals surface area (Å²) >= 11 is 3.50. The van der Waals surface area contributed by atoms with E-state index in [2.05, 4.69) is 43.2 Å². The predicted molar refractivity (Wildman–Crippen MR) is 73.7 cm³/mol. The molecule has 0 aliphatic heterocycles. The van der Waals surface area contributed by atoms with Gasteiger partial charge in [-0.3, -0.25) is 4.98 Å². The molecule has 0 unspecified atom stereocenters. The van der Waals surface area contributed by atoms with Crippen LogP contribution >= 0.6 is 15.9 Å². The average molecular weight is 310 g/mol. The normalized spacial score (nSPS) is 10.9. The fourth-order valence-electron chi connectivity index (χ4n) is 1.65. The summed E-state index contributed by atoms with van der Waals surface area (Å²) in [6, 6.07) is 0. The number of nitrogens with one attached hydrogen (secondary N) is 1. The fourth-order valence-corrected chi connectivity index (χ4v) is 1.90. The highest BCUT2D eigenvalue weighted by molar-refractivity contribution is 9.10. The van der Waals surface area contributed by atoms with Crippen LogP contribution in [-0.2, 0) is 6.54 Å². The maximum Gasteiger partial charge on any atom is 0.172 e. The number of aromatic nitrogens is 4. The molecule has 0 saturated carbocycles. The SMILES string of the molecule is CCNCc1cnc(-n2nc(C)c(Br)c2C)cn1. The molecule has 2 heterocycles. The zero-order valence-corrected chi connectivity index (χ0v) is 12.3. The molecule has 5 nitrogen and oxygen atoms in total. The van der Waals surface area contributed by atoms with Gasteiger partial charge in [-0.05, 0) is 36.3 Å². The van der Waals surface area contributed by atoms with Gasteiger partial charge < -0.3 is 5.32 Å². The molecule has 18 heavy (non-hydrogen) atoms. The van der Waals surface area contributed by atoms with E-state index in [4.69, 9.17) is 0 Å². The number of nitrogens with zero attached hydrogens (tertiary/aromatic N) is 4. The van der Waals surface area contributed by atoms with Crippen LogP contribution < -0.4 is 5.32 Å². The molecule has 0 fully saturated rings. The van der Waals surface area contributed by atoms with Crippen LogP contribution in [0.2, 0.25) is 0 Å². The van der Waals surface area contributed by atoms with Crippen LogP contribution in [0.25, 0.3) is 5.82 Å². The Bertz CT molecular complexity index is 532. The topological polar surface area (TPSA) is 55.6 Å². The van der Waals surface area contributed by atoms with Crippen LogP contribution in [0.1, 0.15) is 24.0 Å². The van der Waals surface area contributed by atoms with E-state index in [1.165, 1.54) is 0 Å². The van der Waals surface area contributed by atoms with Crippen molar-refractivity contribution in [2.75, 3.05) is 6.54 Å². The molecule has 1 N–H and O–H groups in total. The first-order chi connectivity index (χ1) is 8.63. The Labute approximate surface area is 115 Å². The Hall–Kier alpha value is -1.27. The first-order valence-electron chi connectivity index (χ1n) is 5.87. The fraction of sp³-hybridized carbons (Fsp3) is 0.417. The van der Waals surface area contributed by atoms with Gasteiger partial charge in [0.2, 0.25) is 0 Å². The van der Waals surface area contributed by atoms with Gasteiger partial charge in [-0.1, -0.05) is 6.92 Å². The highest BCUT2D eigenvalue weighted by Gasteiger charge is 2.11. The molecule has 2 rings (SSSR count). The van der Waals surface area contributed by atoms with E-state index >= 15 is 0 Å². The lowest BCUT2D eigenvalue weighted by molar-refractivity contribution is 0.702. The number of rotatable bonds is 4. The average Bonchev–Trinajstić information content (AvgIpc) is 2.65. The zero-order chi connectivity index (χ0) is 13.1. The summed E-state index contributed by atoms with van der Waals surface area (Å²) in [5.41, 5.74) is 2.91. The van der Waals surface area contributed by atoms with Gasteiger partial charge in [0.15, 0.2) is 5.82 Å². The number of hydrogen-bond donors (Lipinski definition) is 1. The summed E-state index contributed by atoms with van der Waals surface area (Å²) in [7, 11) is 0. The first-order valence-corrected chi connectivity index (χ1v) is 6.66. The summed E-state index contributed by atoms with van der Waals surface area (Å²) in [4.78, 5) is 8.77. The van der Waals surface area contributed by atoms with E-state index < -0.39 is 0 Å².